The molecule has 0 N–H and O–H groups in total. The predicted octanol–water partition coefficient (Wildman–Crippen LogP) is 7.54. The molecule has 0 unspecified atom stereocenters. The van der Waals surface area contributed by atoms with Crippen LogP contribution in [-0.4, -0.2) is 90.8 Å². The zero-order valence-corrected chi connectivity index (χ0v) is 34.5. The van der Waals surface area contributed by atoms with Gasteiger partial charge in [0.15, 0.2) is 22.7 Å². The summed E-state index contributed by atoms with van der Waals surface area (Å²) >= 11 is 2.24. The molecule has 4 rings (SSSR count). The second-order valence-electron chi connectivity index (χ2n) is 16.0. The smallest absolute Gasteiger partial charge is 0.338 e. The Morgan fingerprint density at radius 2 is 1.30 bits per heavy atom. The summed E-state index contributed by atoms with van der Waals surface area (Å²) in [5.41, 5.74) is 0.00593. The van der Waals surface area contributed by atoms with Crippen LogP contribution < -0.4 is 0 Å². The largest absolute Gasteiger partial charge is 0.454 e. The van der Waals surface area contributed by atoms with Gasteiger partial charge in [-0.2, -0.15) is 0 Å². The third-order valence-electron chi connectivity index (χ3n) is 10.7. The Hall–Kier alpha value is -2.78. The maximum atomic E-state index is 14.7. The van der Waals surface area contributed by atoms with Crippen LogP contribution in [0, 0.1) is 20.2 Å². The number of non-ortho nitro benzene ring substituents is 2. The Morgan fingerprint density at radius 3 is 1.74 bits per heavy atom. The minimum Gasteiger partial charge on any atom is -0.454 e. The molecule has 1 amide bonds. The molecule has 0 bridgehead atoms. The fraction of sp³-hybridized carbons (Fsp3) is 0.588. The number of nitrogens with zero attached hydrogens (tertiary/aromatic N) is 3. The lowest BCUT2D eigenvalue weighted by Crippen LogP contribution is -2.56. The molecular weight excluding hydrogens is 793 g/mol. The third-order valence-corrected chi connectivity index (χ3v) is 20.5. The number of rotatable bonds is 11. The number of nitro benzene ring substituents is 2. The number of carbonyl (C=O) groups excluding carboxylic acids is 2. The van der Waals surface area contributed by atoms with Gasteiger partial charge in [-0.1, -0.05) is 64.1 Å². The first-order chi connectivity index (χ1) is 23.0. The number of nitro groups is 2. The van der Waals surface area contributed by atoms with Crippen LogP contribution >= 0.6 is 22.6 Å². The van der Waals surface area contributed by atoms with Gasteiger partial charge in [-0.15, -0.1) is 0 Å². The molecule has 6 atom stereocenters. The van der Waals surface area contributed by atoms with Crippen molar-refractivity contribution in [1.82, 2.24) is 4.90 Å². The van der Waals surface area contributed by atoms with Crippen LogP contribution in [-0.2, 0) is 18.3 Å². The average molecular weight is 842 g/mol. The molecule has 2 fully saturated rings. The standard InChI is InChI=1S/C34H48IN3O10Si2/c1-33(2,3)49(7,8)45-20-25-28(47-32(40)22-13-17-24(18-14-22)38(43)44)30-27(29(26(19-35)46-30)48-50(9,10)34(4,5)6)36(25)31(39)21-11-15-23(16-12-21)37(41)42/h11-18,25-30H,19-20H2,1-10H3/t25-,26-,27-,28-,29+,30+/m1/s1. The lowest BCUT2D eigenvalue weighted by atomic mass is 10.0. The first-order valence-electron chi connectivity index (χ1n) is 16.6. The molecule has 2 aliphatic heterocycles. The maximum absolute atomic E-state index is 14.7. The van der Waals surface area contributed by atoms with Gasteiger partial charge in [0.25, 0.3) is 17.3 Å². The lowest BCUT2D eigenvalue weighted by molar-refractivity contribution is -0.385. The van der Waals surface area contributed by atoms with Gasteiger partial charge in [0, 0.05) is 34.3 Å². The Morgan fingerprint density at radius 1 is 0.820 bits per heavy atom. The number of hydrogen-bond donors (Lipinski definition) is 0. The van der Waals surface area contributed by atoms with E-state index < -0.39 is 74.9 Å². The van der Waals surface area contributed by atoms with E-state index in [1.54, 1.807) is 4.90 Å². The van der Waals surface area contributed by atoms with Crippen molar-refractivity contribution in [2.45, 2.75) is 114 Å². The Labute approximate surface area is 309 Å². The molecule has 2 saturated heterocycles. The molecule has 16 heteroatoms. The van der Waals surface area contributed by atoms with Gasteiger partial charge in [0.1, 0.15) is 6.10 Å². The van der Waals surface area contributed by atoms with E-state index in [9.17, 15) is 29.8 Å². The van der Waals surface area contributed by atoms with Crippen LogP contribution in [0.15, 0.2) is 48.5 Å². The van der Waals surface area contributed by atoms with Crippen LogP contribution in [0.25, 0.3) is 0 Å². The van der Waals surface area contributed by atoms with Crippen LogP contribution in [0.1, 0.15) is 62.3 Å². The zero-order chi connectivity index (χ0) is 37.6. The minimum absolute atomic E-state index is 0.0332. The van der Waals surface area contributed by atoms with Crippen molar-refractivity contribution >= 4 is 62.5 Å². The van der Waals surface area contributed by atoms with Gasteiger partial charge < -0.3 is 23.2 Å². The molecule has 274 valence electrons. The summed E-state index contributed by atoms with van der Waals surface area (Å²) in [5.74, 6) is -1.15. The number of carbonyl (C=O) groups is 2. The fourth-order valence-corrected chi connectivity index (χ4v) is 8.70. The number of alkyl halides is 1. The summed E-state index contributed by atoms with van der Waals surface area (Å²) in [6.07, 6.45) is -2.79. The fourth-order valence-electron chi connectivity index (χ4n) is 5.64. The van der Waals surface area contributed by atoms with E-state index in [0.29, 0.717) is 4.43 Å². The molecule has 0 radical (unpaired) electrons. The molecule has 50 heavy (non-hydrogen) atoms. The van der Waals surface area contributed by atoms with Gasteiger partial charge in [-0.25, -0.2) is 4.79 Å². The summed E-state index contributed by atoms with van der Waals surface area (Å²) in [4.78, 5) is 51.7. The highest BCUT2D eigenvalue weighted by molar-refractivity contribution is 14.1. The zero-order valence-electron chi connectivity index (χ0n) is 30.3. The molecular formula is C34H48IN3O10Si2. The predicted molar refractivity (Wildman–Crippen MR) is 202 cm³/mol. The second kappa shape index (κ2) is 14.7. The first kappa shape index (κ1) is 40.0. The number of amides is 1. The molecule has 0 spiro atoms. The van der Waals surface area contributed by atoms with Crippen LogP contribution in [0.3, 0.4) is 0 Å². The van der Waals surface area contributed by atoms with E-state index in [1.165, 1.54) is 48.5 Å². The highest BCUT2D eigenvalue weighted by Gasteiger charge is 2.64. The summed E-state index contributed by atoms with van der Waals surface area (Å²) in [5, 5.41) is 22.3. The van der Waals surface area contributed by atoms with Crippen molar-refractivity contribution in [3.63, 3.8) is 0 Å². The topological polar surface area (TPSA) is 161 Å². The lowest BCUT2D eigenvalue weighted by Gasteiger charge is -2.43. The van der Waals surface area contributed by atoms with Crippen LogP contribution in [0.5, 0.6) is 0 Å². The van der Waals surface area contributed by atoms with Gasteiger partial charge in [0.05, 0.1) is 46.3 Å². The summed E-state index contributed by atoms with van der Waals surface area (Å²) in [6.45, 7) is 21.2. The van der Waals surface area contributed by atoms with Crippen molar-refractivity contribution in [2.75, 3.05) is 11.0 Å². The first-order valence-corrected chi connectivity index (χ1v) is 23.9. The third kappa shape index (κ3) is 8.14. The Balaban J connectivity index is 1.86. The Kier molecular flexibility index (Phi) is 11.8. The van der Waals surface area contributed by atoms with E-state index >= 15 is 0 Å². The highest BCUT2D eigenvalue weighted by atomic mass is 127. The molecule has 0 saturated carbocycles. The SMILES string of the molecule is CC(C)(C)[Si](C)(C)OC[C@@H]1[C@@H](OC(=O)c2ccc([N+](=O)[O-])cc2)[C@H]2O[C@H](CI)[C@H](O[Si](C)(C)C(C)(C)C)[C@H]2N1C(=O)c1ccc([N+](=O)[O-])cc1. The Bertz CT molecular complexity index is 1590. The summed E-state index contributed by atoms with van der Waals surface area (Å²) < 4.78 is 27.3. The van der Waals surface area contributed by atoms with Crippen LogP contribution in [0.2, 0.25) is 36.3 Å². The van der Waals surface area contributed by atoms with E-state index in [4.69, 9.17) is 18.3 Å². The van der Waals surface area contributed by atoms with E-state index in [2.05, 4.69) is 90.3 Å². The monoisotopic (exact) mass is 841 g/mol. The number of benzene rings is 2. The molecule has 13 nitrogen and oxygen atoms in total. The van der Waals surface area contributed by atoms with Gasteiger partial charge in [0.2, 0.25) is 0 Å². The van der Waals surface area contributed by atoms with Crippen molar-refractivity contribution in [3.8, 4) is 0 Å². The highest BCUT2D eigenvalue weighted by Crippen LogP contribution is 2.46. The van der Waals surface area contributed by atoms with Gasteiger partial charge >= 0.3 is 5.97 Å². The second-order valence-corrected chi connectivity index (χ2v) is 26.4. The summed E-state index contributed by atoms with van der Waals surface area (Å²) in [6, 6.07) is 9.06. The number of halogens is 1. The number of fused-ring (bicyclic) bond motifs is 1. The van der Waals surface area contributed by atoms with E-state index in [1.807, 2.05) is 0 Å². The van der Waals surface area contributed by atoms with Gasteiger partial charge in [-0.05, 0) is 60.5 Å². The quantitative estimate of drug-likeness (QED) is 0.0553. The molecule has 2 heterocycles. The number of likely N-dealkylation sites (tertiary alicyclic amines) is 1. The molecule has 0 aliphatic carbocycles. The number of hydrogen-bond acceptors (Lipinski definition) is 10. The van der Waals surface area contributed by atoms with E-state index in [-0.39, 0.29) is 39.2 Å². The molecule has 2 aromatic carbocycles. The number of esters is 1. The molecule has 2 aromatic rings. The van der Waals surface area contributed by atoms with E-state index in [0.717, 1.165) is 0 Å². The summed E-state index contributed by atoms with van der Waals surface area (Å²) in [7, 11) is -4.86. The number of ether oxygens (including phenoxy) is 2. The maximum Gasteiger partial charge on any atom is 0.338 e. The normalized spacial score (nSPS) is 24.2. The van der Waals surface area contributed by atoms with Crippen molar-refractivity contribution in [2.24, 2.45) is 0 Å². The van der Waals surface area contributed by atoms with Crippen molar-refractivity contribution in [1.29, 1.82) is 0 Å². The van der Waals surface area contributed by atoms with Crippen molar-refractivity contribution < 1.29 is 37.8 Å². The van der Waals surface area contributed by atoms with Crippen LogP contribution in [0.4, 0.5) is 11.4 Å². The average Bonchev–Trinajstić information content (AvgIpc) is 3.52. The van der Waals surface area contributed by atoms with Crippen molar-refractivity contribution in [3.05, 3.63) is 79.9 Å². The minimum atomic E-state index is -2.45. The molecule has 0 aromatic heterocycles. The van der Waals surface area contributed by atoms with Gasteiger partial charge in [-0.3, -0.25) is 25.0 Å². The molecule has 2 aliphatic rings.